The second-order valence-corrected chi connectivity index (χ2v) is 5.94. The number of methoxy groups -OCH3 is 2. The molecule has 0 bridgehead atoms. The molecule has 0 aliphatic rings. The second kappa shape index (κ2) is 9.03. The van der Waals surface area contributed by atoms with Gasteiger partial charge in [0.1, 0.15) is 11.3 Å². The minimum absolute atomic E-state index is 0.0917. The van der Waals surface area contributed by atoms with Gasteiger partial charge in [-0.1, -0.05) is 0 Å². The zero-order valence-electron chi connectivity index (χ0n) is 16.5. The lowest BCUT2D eigenvalue weighted by Gasteiger charge is -2.14. The molecule has 1 amide bonds. The molecule has 1 aromatic heterocycles. The lowest BCUT2D eigenvalue weighted by atomic mass is 10.1. The van der Waals surface area contributed by atoms with Crippen molar-refractivity contribution in [2.24, 2.45) is 0 Å². The number of nitrogens with one attached hydrogen (secondary N) is 1. The third kappa shape index (κ3) is 4.30. The molecule has 0 aliphatic heterocycles. The van der Waals surface area contributed by atoms with Crippen molar-refractivity contribution in [3.05, 3.63) is 50.8 Å². The average Bonchev–Trinajstić information content (AvgIpc) is 2.67. The summed E-state index contributed by atoms with van der Waals surface area (Å²) in [5, 5.41) is 14.1. The van der Waals surface area contributed by atoms with Crippen LogP contribution in [0.25, 0.3) is 0 Å². The van der Waals surface area contributed by atoms with Gasteiger partial charge in [-0.15, -0.1) is 0 Å². The van der Waals surface area contributed by atoms with Crippen LogP contribution in [0.5, 0.6) is 17.2 Å². The summed E-state index contributed by atoms with van der Waals surface area (Å²) < 4.78 is 15.9. The smallest absolute Gasteiger partial charge is 0.286 e. The van der Waals surface area contributed by atoms with Crippen LogP contribution in [0.3, 0.4) is 0 Å². The summed E-state index contributed by atoms with van der Waals surface area (Å²) in [4.78, 5) is 27.8. The van der Waals surface area contributed by atoms with Gasteiger partial charge in [-0.05, 0) is 20.8 Å². The molecule has 0 fully saturated rings. The Morgan fingerprint density at radius 1 is 1.21 bits per heavy atom. The number of ether oxygens (including phenoxy) is 3. The SMILES string of the molecule is CCOc1cc(C(=O)NCc2ncc(C)c(OC)c2C)c([N+](=O)[O-])cc1OC. The van der Waals surface area contributed by atoms with Gasteiger partial charge in [0.05, 0.1) is 44.1 Å². The van der Waals surface area contributed by atoms with Crippen molar-refractivity contribution >= 4 is 11.6 Å². The molecule has 0 unspecified atom stereocenters. The maximum atomic E-state index is 12.7. The molecule has 0 radical (unpaired) electrons. The number of carbonyl (C=O) groups is 1. The van der Waals surface area contributed by atoms with Crippen LogP contribution in [0, 0.1) is 24.0 Å². The highest BCUT2D eigenvalue weighted by molar-refractivity contribution is 5.99. The molecular formula is C19H23N3O6. The van der Waals surface area contributed by atoms with Gasteiger partial charge in [0.25, 0.3) is 11.6 Å². The Kier molecular flexibility index (Phi) is 6.75. The number of hydrogen-bond donors (Lipinski definition) is 1. The van der Waals surface area contributed by atoms with E-state index < -0.39 is 10.8 Å². The van der Waals surface area contributed by atoms with Crippen LogP contribution in [0.1, 0.15) is 34.1 Å². The number of aromatic nitrogens is 1. The van der Waals surface area contributed by atoms with E-state index in [4.69, 9.17) is 14.2 Å². The zero-order chi connectivity index (χ0) is 20.8. The van der Waals surface area contributed by atoms with E-state index in [-0.39, 0.29) is 29.3 Å². The molecular weight excluding hydrogens is 366 g/mol. The molecule has 1 aromatic carbocycles. The number of amides is 1. The fraction of sp³-hybridized carbons (Fsp3) is 0.368. The zero-order valence-corrected chi connectivity index (χ0v) is 16.5. The minimum Gasteiger partial charge on any atom is -0.496 e. The van der Waals surface area contributed by atoms with Crippen LogP contribution >= 0.6 is 0 Å². The van der Waals surface area contributed by atoms with Crippen molar-refractivity contribution in [2.45, 2.75) is 27.3 Å². The van der Waals surface area contributed by atoms with E-state index in [1.165, 1.54) is 19.2 Å². The van der Waals surface area contributed by atoms with Crippen LogP contribution in [0.15, 0.2) is 18.3 Å². The number of nitro groups is 1. The van der Waals surface area contributed by atoms with E-state index in [9.17, 15) is 14.9 Å². The van der Waals surface area contributed by atoms with Crippen molar-refractivity contribution in [3.8, 4) is 17.2 Å². The van der Waals surface area contributed by atoms with E-state index >= 15 is 0 Å². The van der Waals surface area contributed by atoms with Crippen molar-refractivity contribution in [3.63, 3.8) is 0 Å². The van der Waals surface area contributed by atoms with Crippen LogP contribution in [-0.2, 0) is 6.54 Å². The fourth-order valence-corrected chi connectivity index (χ4v) is 2.82. The van der Waals surface area contributed by atoms with Gasteiger partial charge in [-0.25, -0.2) is 0 Å². The molecule has 28 heavy (non-hydrogen) atoms. The van der Waals surface area contributed by atoms with Gasteiger partial charge < -0.3 is 19.5 Å². The summed E-state index contributed by atoms with van der Waals surface area (Å²) in [6.45, 7) is 5.89. The minimum atomic E-state index is -0.633. The molecule has 0 atom stereocenters. The molecule has 2 rings (SSSR count). The van der Waals surface area contributed by atoms with Gasteiger partial charge in [-0.3, -0.25) is 19.9 Å². The number of nitrogens with zero attached hydrogens (tertiary/aromatic N) is 2. The third-order valence-electron chi connectivity index (χ3n) is 4.19. The van der Waals surface area contributed by atoms with Crippen molar-refractivity contribution < 1.29 is 23.9 Å². The highest BCUT2D eigenvalue weighted by atomic mass is 16.6. The van der Waals surface area contributed by atoms with Crippen molar-refractivity contribution in [2.75, 3.05) is 20.8 Å². The first-order valence-corrected chi connectivity index (χ1v) is 8.60. The van der Waals surface area contributed by atoms with Crippen molar-refractivity contribution in [1.29, 1.82) is 0 Å². The number of hydrogen-bond acceptors (Lipinski definition) is 7. The monoisotopic (exact) mass is 389 g/mol. The van der Waals surface area contributed by atoms with E-state index in [0.29, 0.717) is 18.1 Å². The topological polar surface area (TPSA) is 113 Å². The maximum absolute atomic E-state index is 12.7. The molecule has 2 aromatic rings. The largest absolute Gasteiger partial charge is 0.496 e. The summed E-state index contributed by atoms with van der Waals surface area (Å²) in [6, 6.07) is 2.49. The van der Waals surface area contributed by atoms with Gasteiger partial charge in [0.15, 0.2) is 11.5 Å². The van der Waals surface area contributed by atoms with E-state index in [2.05, 4.69) is 10.3 Å². The normalized spacial score (nSPS) is 10.3. The quantitative estimate of drug-likeness (QED) is 0.545. The summed E-state index contributed by atoms with van der Waals surface area (Å²) >= 11 is 0. The highest BCUT2D eigenvalue weighted by Gasteiger charge is 2.25. The molecule has 9 nitrogen and oxygen atoms in total. The van der Waals surface area contributed by atoms with Crippen LogP contribution < -0.4 is 19.5 Å². The molecule has 1 N–H and O–H groups in total. The van der Waals surface area contributed by atoms with Gasteiger partial charge in [-0.2, -0.15) is 0 Å². The predicted molar refractivity (Wildman–Crippen MR) is 102 cm³/mol. The van der Waals surface area contributed by atoms with Gasteiger partial charge in [0.2, 0.25) is 0 Å². The van der Waals surface area contributed by atoms with E-state index in [0.717, 1.165) is 11.1 Å². The molecule has 0 saturated heterocycles. The van der Waals surface area contributed by atoms with Crippen LogP contribution in [-0.4, -0.2) is 36.6 Å². The van der Waals surface area contributed by atoms with E-state index in [1.54, 1.807) is 20.2 Å². The average molecular weight is 389 g/mol. The number of nitro benzene ring substituents is 1. The Bertz CT molecular complexity index is 898. The molecule has 0 aliphatic carbocycles. The summed E-state index contributed by atoms with van der Waals surface area (Å²) in [7, 11) is 2.94. The molecule has 150 valence electrons. The Hall–Kier alpha value is -3.36. The Labute approximate surface area is 162 Å². The standard InChI is InChI=1S/C19H23N3O6/c1-6-28-17-7-13(15(22(24)25)8-16(17)26-4)19(23)21-10-14-12(3)18(27-5)11(2)9-20-14/h7-9H,6,10H2,1-5H3,(H,21,23). The maximum Gasteiger partial charge on any atom is 0.286 e. The number of pyridine rings is 1. The van der Waals surface area contributed by atoms with Crippen molar-refractivity contribution in [1.82, 2.24) is 10.3 Å². The molecule has 0 saturated carbocycles. The Morgan fingerprint density at radius 2 is 1.93 bits per heavy atom. The van der Waals surface area contributed by atoms with Gasteiger partial charge in [0, 0.05) is 23.4 Å². The molecule has 9 heteroatoms. The van der Waals surface area contributed by atoms with Crippen LogP contribution in [0.2, 0.25) is 0 Å². The summed E-state index contributed by atoms with van der Waals surface area (Å²) in [6.07, 6.45) is 1.65. The summed E-state index contributed by atoms with van der Waals surface area (Å²) in [5.41, 5.74) is 1.79. The molecule has 1 heterocycles. The highest BCUT2D eigenvalue weighted by Crippen LogP contribution is 2.34. The lowest BCUT2D eigenvalue weighted by Crippen LogP contribution is -2.25. The Balaban J connectivity index is 2.33. The van der Waals surface area contributed by atoms with Gasteiger partial charge >= 0.3 is 0 Å². The third-order valence-corrected chi connectivity index (χ3v) is 4.19. The number of aryl methyl sites for hydroxylation is 1. The predicted octanol–water partition coefficient (Wildman–Crippen LogP) is 2.95. The number of carbonyl (C=O) groups excluding carboxylic acids is 1. The van der Waals surface area contributed by atoms with Crippen LogP contribution in [0.4, 0.5) is 5.69 Å². The summed E-state index contributed by atoms with van der Waals surface area (Å²) in [5.74, 6) is 0.516. The first kappa shape index (κ1) is 20.9. The second-order valence-electron chi connectivity index (χ2n) is 5.94. The lowest BCUT2D eigenvalue weighted by molar-refractivity contribution is -0.385. The fourth-order valence-electron chi connectivity index (χ4n) is 2.82. The molecule has 0 spiro atoms. The van der Waals surface area contributed by atoms with E-state index in [1.807, 2.05) is 13.8 Å². The number of rotatable bonds is 8. The number of benzene rings is 1. The first-order chi connectivity index (χ1) is 13.3. The first-order valence-electron chi connectivity index (χ1n) is 8.60. The Morgan fingerprint density at radius 3 is 2.50 bits per heavy atom.